The standard InChI is InChI=1S/C16H12Cl2N2O2/c1-9-5-12(20(21)22)6-10(2)16(9)13(8-19)11-3-4-14(17)15(18)7-11/h3-7,13H,1-2H3. The molecule has 2 rings (SSSR count). The number of aryl methyl sites for hydroxylation is 2. The van der Waals surface area contributed by atoms with Crippen LogP contribution in [0, 0.1) is 35.3 Å². The van der Waals surface area contributed by atoms with Gasteiger partial charge in [0.25, 0.3) is 5.69 Å². The van der Waals surface area contributed by atoms with Crippen molar-refractivity contribution in [1.29, 1.82) is 5.26 Å². The van der Waals surface area contributed by atoms with Gasteiger partial charge in [-0.05, 0) is 48.2 Å². The number of nitrogens with zero attached hydrogens (tertiary/aromatic N) is 2. The first-order valence-electron chi connectivity index (χ1n) is 6.45. The lowest BCUT2D eigenvalue weighted by Gasteiger charge is -2.16. The summed E-state index contributed by atoms with van der Waals surface area (Å²) in [6, 6.07) is 10.2. The third kappa shape index (κ3) is 3.06. The molecule has 0 aromatic heterocycles. The summed E-state index contributed by atoms with van der Waals surface area (Å²) in [4.78, 5) is 10.5. The van der Waals surface area contributed by atoms with E-state index in [4.69, 9.17) is 23.2 Å². The lowest BCUT2D eigenvalue weighted by Crippen LogP contribution is -2.05. The Hall–Kier alpha value is -2.09. The second-order valence-corrected chi connectivity index (χ2v) is 5.80. The molecule has 1 unspecified atom stereocenters. The third-order valence-corrected chi connectivity index (χ3v) is 4.22. The zero-order chi connectivity index (χ0) is 16.4. The summed E-state index contributed by atoms with van der Waals surface area (Å²) in [5.41, 5.74) is 2.88. The highest BCUT2D eigenvalue weighted by Crippen LogP contribution is 2.34. The van der Waals surface area contributed by atoms with Crippen molar-refractivity contribution in [3.63, 3.8) is 0 Å². The lowest BCUT2D eigenvalue weighted by molar-refractivity contribution is -0.385. The zero-order valence-corrected chi connectivity index (χ0v) is 13.4. The minimum Gasteiger partial charge on any atom is -0.258 e. The molecular weight excluding hydrogens is 323 g/mol. The minimum absolute atomic E-state index is 0.0181. The van der Waals surface area contributed by atoms with Crippen molar-refractivity contribution >= 4 is 28.9 Å². The molecule has 0 fully saturated rings. The van der Waals surface area contributed by atoms with Crippen LogP contribution in [0.15, 0.2) is 30.3 Å². The van der Waals surface area contributed by atoms with Gasteiger partial charge in [-0.1, -0.05) is 29.3 Å². The average molecular weight is 335 g/mol. The summed E-state index contributed by atoms with van der Waals surface area (Å²) in [6.07, 6.45) is 0. The van der Waals surface area contributed by atoms with Gasteiger partial charge in [-0.25, -0.2) is 0 Å². The fourth-order valence-corrected chi connectivity index (χ4v) is 2.82. The Morgan fingerprint density at radius 3 is 2.18 bits per heavy atom. The lowest BCUT2D eigenvalue weighted by atomic mass is 9.86. The molecule has 0 heterocycles. The second-order valence-electron chi connectivity index (χ2n) is 4.99. The van der Waals surface area contributed by atoms with Gasteiger partial charge in [0, 0.05) is 12.1 Å². The van der Waals surface area contributed by atoms with E-state index in [0.29, 0.717) is 26.7 Å². The first-order valence-corrected chi connectivity index (χ1v) is 7.21. The van der Waals surface area contributed by atoms with Crippen LogP contribution in [0.25, 0.3) is 0 Å². The van der Waals surface area contributed by atoms with Gasteiger partial charge in [0.2, 0.25) is 0 Å². The Balaban J connectivity index is 2.59. The number of nitriles is 1. The van der Waals surface area contributed by atoms with Crippen molar-refractivity contribution < 1.29 is 4.92 Å². The maximum atomic E-state index is 10.9. The van der Waals surface area contributed by atoms with Crippen molar-refractivity contribution in [2.75, 3.05) is 0 Å². The Morgan fingerprint density at radius 2 is 1.73 bits per heavy atom. The molecule has 0 spiro atoms. The van der Waals surface area contributed by atoms with Gasteiger partial charge in [-0.2, -0.15) is 5.26 Å². The predicted octanol–water partition coefficient (Wildman–Crippen LogP) is 5.17. The number of nitro benzene ring substituents is 1. The summed E-state index contributed by atoms with van der Waals surface area (Å²) in [5.74, 6) is -0.560. The molecule has 0 radical (unpaired) electrons. The molecule has 1 atom stereocenters. The topological polar surface area (TPSA) is 66.9 Å². The predicted molar refractivity (Wildman–Crippen MR) is 86.5 cm³/mol. The maximum Gasteiger partial charge on any atom is 0.269 e. The highest BCUT2D eigenvalue weighted by molar-refractivity contribution is 6.42. The number of halogens is 2. The molecule has 0 amide bonds. The molecule has 0 aliphatic heterocycles. The van der Waals surface area contributed by atoms with Gasteiger partial charge in [0.15, 0.2) is 0 Å². The molecule has 2 aromatic carbocycles. The second kappa shape index (κ2) is 6.35. The Morgan fingerprint density at radius 1 is 1.14 bits per heavy atom. The van der Waals surface area contributed by atoms with Crippen molar-refractivity contribution in [3.8, 4) is 6.07 Å². The molecule has 0 saturated heterocycles. The fraction of sp³-hybridized carbons (Fsp3) is 0.188. The number of benzene rings is 2. The van der Waals surface area contributed by atoms with E-state index in [1.54, 1.807) is 32.0 Å². The zero-order valence-electron chi connectivity index (χ0n) is 11.9. The largest absolute Gasteiger partial charge is 0.269 e. The van der Waals surface area contributed by atoms with Crippen LogP contribution < -0.4 is 0 Å². The summed E-state index contributed by atoms with van der Waals surface area (Å²) >= 11 is 11.9. The summed E-state index contributed by atoms with van der Waals surface area (Å²) < 4.78 is 0. The van der Waals surface area contributed by atoms with E-state index in [2.05, 4.69) is 6.07 Å². The van der Waals surface area contributed by atoms with Gasteiger partial charge in [-0.15, -0.1) is 0 Å². The minimum atomic E-state index is -0.560. The fourth-order valence-electron chi connectivity index (χ4n) is 2.51. The normalized spacial score (nSPS) is 11.8. The van der Waals surface area contributed by atoms with Gasteiger partial charge >= 0.3 is 0 Å². The highest BCUT2D eigenvalue weighted by atomic mass is 35.5. The summed E-state index contributed by atoms with van der Waals surface area (Å²) in [5, 5.41) is 21.3. The van der Waals surface area contributed by atoms with Crippen molar-refractivity contribution in [3.05, 3.63) is 72.7 Å². The van der Waals surface area contributed by atoms with E-state index in [9.17, 15) is 15.4 Å². The SMILES string of the molecule is Cc1cc([N+](=O)[O-])cc(C)c1C(C#N)c1ccc(Cl)c(Cl)c1. The molecule has 4 nitrogen and oxygen atoms in total. The van der Waals surface area contributed by atoms with E-state index >= 15 is 0 Å². The van der Waals surface area contributed by atoms with Crippen LogP contribution in [-0.4, -0.2) is 4.92 Å². The molecule has 6 heteroatoms. The average Bonchev–Trinajstić information content (AvgIpc) is 2.45. The number of rotatable bonds is 3. The Bertz CT molecular complexity index is 774. The number of hydrogen-bond donors (Lipinski definition) is 0. The van der Waals surface area contributed by atoms with Crippen molar-refractivity contribution in [2.45, 2.75) is 19.8 Å². The van der Waals surface area contributed by atoms with E-state index in [1.165, 1.54) is 12.1 Å². The van der Waals surface area contributed by atoms with Gasteiger partial charge in [0.1, 0.15) is 0 Å². The molecule has 0 saturated carbocycles. The Labute approximate surface area is 138 Å². The first kappa shape index (κ1) is 16.3. The van der Waals surface area contributed by atoms with Crippen LogP contribution in [-0.2, 0) is 0 Å². The molecule has 0 aliphatic rings. The van der Waals surface area contributed by atoms with Crippen LogP contribution in [0.4, 0.5) is 5.69 Å². The number of non-ortho nitro benzene ring substituents is 1. The van der Waals surface area contributed by atoms with Crippen LogP contribution in [0.1, 0.15) is 28.2 Å². The van der Waals surface area contributed by atoms with Crippen LogP contribution in [0.5, 0.6) is 0 Å². The summed E-state index contributed by atoms with van der Waals surface area (Å²) in [6.45, 7) is 3.52. The monoisotopic (exact) mass is 334 g/mol. The van der Waals surface area contributed by atoms with Crippen LogP contribution >= 0.6 is 23.2 Å². The maximum absolute atomic E-state index is 10.9. The first-order chi connectivity index (χ1) is 10.3. The van der Waals surface area contributed by atoms with Crippen molar-refractivity contribution in [2.24, 2.45) is 0 Å². The van der Waals surface area contributed by atoms with E-state index < -0.39 is 10.8 Å². The highest BCUT2D eigenvalue weighted by Gasteiger charge is 2.21. The molecule has 2 aromatic rings. The van der Waals surface area contributed by atoms with Gasteiger partial charge in [0.05, 0.1) is 27.0 Å². The summed E-state index contributed by atoms with van der Waals surface area (Å²) in [7, 11) is 0. The quantitative estimate of drug-likeness (QED) is 0.574. The molecular formula is C16H12Cl2N2O2. The molecule has 0 aliphatic carbocycles. The van der Waals surface area contributed by atoms with Crippen molar-refractivity contribution in [1.82, 2.24) is 0 Å². The molecule has 0 bridgehead atoms. The van der Waals surface area contributed by atoms with Crippen LogP contribution in [0.3, 0.4) is 0 Å². The molecule has 22 heavy (non-hydrogen) atoms. The molecule has 112 valence electrons. The number of hydrogen-bond acceptors (Lipinski definition) is 3. The molecule has 0 N–H and O–H groups in total. The van der Waals surface area contributed by atoms with E-state index in [0.717, 1.165) is 5.56 Å². The van der Waals surface area contributed by atoms with Gasteiger partial charge < -0.3 is 0 Å². The Kier molecular flexibility index (Phi) is 4.70. The van der Waals surface area contributed by atoms with E-state index in [-0.39, 0.29) is 5.69 Å². The van der Waals surface area contributed by atoms with Crippen LogP contribution in [0.2, 0.25) is 10.0 Å². The van der Waals surface area contributed by atoms with Gasteiger partial charge in [-0.3, -0.25) is 10.1 Å². The smallest absolute Gasteiger partial charge is 0.258 e. The number of nitro groups is 1. The third-order valence-electron chi connectivity index (χ3n) is 3.48. The van der Waals surface area contributed by atoms with E-state index in [1.807, 2.05) is 0 Å².